The van der Waals surface area contributed by atoms with E-state index in [0.29, 0.717) is 25.9 Å². The Kier molecular flexibility index (Phi) is 6.14. The number of nitrogens with one attached hydrogen (secondary N) is 1. The maximum absolute atomic E-state index is 12.4. The molecule has 24 heavy (non-hydrogen) atoms. The van der Waals surface area contributed by atoms with Crippen LogP contribution in [0.15, 0.2) is 18.6 Å². The summed E-state index contributed by atoms with van der Waals surface area (Å²) in [6, 6.07) is 0. The fraction of sp³-hybridized carbons (Fsp3) is 0.588. The molecule has 1 fully saturated rings. The molecule has 132 valence electrons. The second-order valence-corrected chi connectivity index (χ2v) is 6.38. The van der Waals surface area contributed by atoms with Gasteiger partial charge in [0.15, 0.2) is 0 Å². The number of H-pyrrole nitrogens is 1. The van der Waals surface area contributed by atoms with Gasteiger partial charge in [-0.2, -0.15) is 0 Å². The van der Waals surface area contributed by atoms with Crippen LogP contribution in [0.4, 0.5) is 0 Å². The van der Waals surface area contributed by atoms with Crippen molar-refractivity contribution in [3.05, 3.63) is 24.3 Å². The first kappa shape index (κ1) is 18.2. The summed E-state index contributed by atoms with van der Waals surface area (Å²) in [5, 5.41) is 0. The normalized spacial score (nSPS) is 21.2. The highest BCUT2D eigenvalue weighted by Crippen LogP contribution is 2.29. The third-order valence-electron chi connectivity index (χ3n) is 4.50. The zero-order valence-electron chi connectivity index (χ0n) is 14.6. The minimum absolute atomic E-state index is 0.0512. The topological polar surface area (TPSA) is 78.5 Å². The lowest BCUT2D eigenvalue weighted by Crippen LogP contribution is -2.51. The Hall–Kier alpha value is -2.15. The van der Waals surface area contributed by atoms with Crippen LogP contribution in [0.1, 0.15) is 31.4 Å². The smallest absolute Gasteiger partial charge is 0.246 e. The lowest BCUT2D eigenvalue weighted by Gasteiger charge is -2.41. The molecule has 1 N–H and O–H groups in total. The van der Waals surface area contributed by atoms with E-state index >= 15 is 0 Å². The molecule has 1 aliphatic rings. The van der Waals surface area contributed by atoms with E-state index in [4.69, 9.17) is 4.74 Å². The summed E-state index contributed by atoms with van der Waals surface area (Å²) in [7, 11) is 5.16. The van der Waals surface area contributed by atoms with Gasteiger partial charge in [0.05, 0.1) is 23.8 Å². The highest BCUT2D eigenvalue weighted by atomic mass is 16.5. The van der Waals surface area contributed by atoms with Gasteiger partial charge in [-0.05, 0) is 25.3 Å². The van der Waals surface area contributed by atoms with Crippen LogP contribution >= 0.6 is 0 Å². The van der Waals surface area contributed by atoms with Crippen molar-refractivity contribution in [1.82, 2.24) is 19.8 Å². The molecule has 2 heterocycles. The van der Waals surface area contributed by atoms with Gasteiger partial charge in [-0.15, -0.1) is 0 Å². The molecule has 1 aromatic rings. The second-order valence-electron chi connectivity index (χ2n) is 6.38. The van der Waals surface area contributed by atoms with Gasteiger partial charge in [-0.1, -0.05) is 0 Å². The van der Waals surface area contributed by atoms with Crippen LogP contribution < -0.4 is 0 Å². The number of carbonyl (C=O) groups excluding carboxylic acids is 2. The van der Waals surface area contributed by atoms with Gasteiger partial charge < -0.3 is 19.5 Å². The van der Waals surface area contributed by atoms with Crippen molar-refractivity contribution in [2.24, 2.45) is 0 Å². The number of rotatable bonds is 6. The van der Waals surface area contributed by atoms with Crippen molar-refractivity contribution >= 4 is 17.9 Å². The Labute approximate surface area is 142 Å². The maximum Gasteiger partial charge on any atom is 0.246 e. The first-order valence-electron chi connectivity index (χ1n) is 8.16. The minimum Gasteiger partial charge on any atom is -0.376 e. The number of ether oxygens (including phenoxy) is 1. The highest BCUT2D eigenvalue weighted by molar-refractivity contribution is 5.91. The molecule has 0 aliphatic carbocycles. The van der Waals surface area contributed by atoms with E-state index in [-0.39, 0.29) is 11.8 Å². The third-order valence-corrected chi connectivity index (χ3v) is 4.50. The molecular weight excluding hydrogens is 308 g/mol. The van der Waals surface area contributed by atoms with Gasteiger partial charge in [0.2, 0.25) is 11.8 Å². The van der Waals surface area contributed by atoms with Crippen molar-refractivity contribution in [2.75, 3.05) is 34.3 Å². The van der Waals surface area contributed by atoms with Crippen LogP contribution in [0.3, 0.4) is 0 Å². The van der Waals surface area contributed by atoms with Crippen LogP contribution in [0.2, 0.25) is 0 Å². The Morgan fingerprint density at radius 2 is 2.29 bits per heavy atom. The molecule has 1 unspecified atom stereocenters. The van der Waals surface area contributed by atoms with E-state index in [1.807, 2.05) is 0 Å². The number of hydrogen-bond acceptors (Lipinski definition) is 4. The predicted octanol–water partition coefficient (Wildman–Crippen LogP) is 1.30. The van der Waals surface area contributed by atoms with E-state index in [0.717, 1.165) is 18.5 Å². The maximum atomic E-state index is 12.4. The van der Waals surface area contributed by atoms with E-state index in [1.54, 1.807) is 55.7 Å². The van der Waals surface area contributed by atoms with Gasteiger partial charge >= 0.3 is 0 Å². The summed E-state index contributed by atoms with van der Waals surface area (Å²) in [6.07, 6.45) is 9.26. The number of likely N-dealkylation sites (tertiary alicyclic amines) is 1. The van der Waals surface area contributed by atoms with E-state index in [9.17, 15) is 9.59 Å². The molecule has 2 amide bonds. The largest absolute Gasteiger partial charge is 0.376 e. The molecule has 1 saturated heterocycles. The monoisotopic (exact) mass is 334 g/mol. The average molecular weight is 334 g/mol. The van der Waals surface area contributed by atoms with Gasteiger partial charge in [0, 0.05) is 46.8 Å². The van der Waals surface area contributed by atoms with Crippen LogP contribution in [0, 0.1) is 0 Å². The Balaban J connectivity index is 1.97. The molecule has 0 spiro atoms. The lowest BCUT2D eigenvalue weighted by atomic mass is 9.87. The van der Waals surface area contributed by atoms with E-state index in [1.165, 1.54) is 0 Å². The highest BCUT2D eigenvalue weighted by Gasteiger charge is 2.37. The molecule has 0 radical (unpaired) electrons. The molecule has 0 bridgehead atoms. The van der Waals surface area contributed by atoms with Crippen LogP contribution in [-0.2, 0) is 14.3 Å². The van der Waals surface area contributed by atoms with Crippen molar-refractivity contribution in [3.63, 3.8) is 0 Å². The minimum atomic E-state index is -0.443. The zero-order chi connectivity index (χ0) is 17.6. The summed E-state index contributed by atoms with van der Waals surface area (Å²) in [6.45, 7) is 1.22. The standard InChI is InChI=1S/C17H26N4O3/c1-20(2)15(22)7-9-17(24-3)8-4-10-21(12-17)16(23)6-5-14-11-18-13-19-14/h5-6,11,13H,4,7-10,12H2,1-3H3,(H,18,19)/b6-5+. The number of aromatic nitrogens is 2. The first-order chi connectivity index (χ1) is 11.5. The van der Waals surface area contributed by atoms with E-state index < -0.39 is 5.60 Å². The number of nitrogens with zero attached hydrogens (tertiary/aromatic N) is 3. The van der Waals surface area contributed by atoms with Crippen molar-refractivity contribution in [2.45, 2.75) is 31.3 Å². The molecule has 1 aliphatic heterocycles. The summed E-state index contributed by atoms with van der Waals surface area (Å²) in [5.41, 5.74) is 0.344. The molecule has 1 atom stereocenters. The van der Waals surface area contributed by atoms with Crippen LogP contribution in [0.5, 0.6) is 0 Å². The van der Waals surface area contributed by atoms with Gasteiger partial charge in [0.25, 0.3) is 0 Å². The number of hydrogen-bond donors (Lipinski definition) is 1. The van der Waals surface area contributed by atoms with Crippen LogP contribution in [0.25, 0.3) is 6.08 Å². The third kappa shape index (κ3) is 4.67. The number of methoxy groups -OCH3 is 1. The summed E-state index contributed by atoms with van der Waals surface area (Å²) < 4.78 is 5.73. The number of imidazole rings is 1. The average Bonchev–Trinajstić information content (AvgIpc) is 3.11. The predicted molar refractivity (Wildman–Crippen MR) is 91.1 cm³/mol. The van der Waals surface area contributed by atoms with Crippen molar-refractivity contribution < 1.29 is 14.3 Å². The van der Waals surface area contributed by atoms with Gasteiger partial charge in [-0.25, -0.2) is 4.98 Å². The molecule has 7 heteroatoms. The second kappa shape index (κ2) is 8.10. The number of piperidine rings is 1. The summed E-state index contributed by atoms with van der Waals surface area (Å²) in [4.78, 5) is 34.5. The molecule has 7 nitrogen and oxygen atoms in total. The molecule has 0 aromatic carbocycles. The number of amides is 2. The Morgan fingerprint density at radius 3 is 2.92 bits per heavy atom. The fourth-order valence-corrected chi connectivity index (χ4v) is 2.94. The molecular formula is C17H26N4O3. The first-order valence-corrected chi connectivity index (χ1v) is 8.16. The zero-order valence-corrected chi connectivity index (χ0v) is 14.6. The van der Waals surface area contributed by atoms with Crippen molar-refractivity contribution in [1.29, 1.82) is 0 Å². The molecule has 1 aromatic heterocycles. The number of carbonyl (C=O) groups is 2. The lowest BCUT2D eigenvalue weighted by molar-refractivity contribution is -0.138. The van der Waals surface area contributed by atoms with Crippen molar-refractivity contribution in [3.8, 4) is 0 Å². The Morgan fingerprint density at radius 1 is 1.50 bits per heavy atom. The molecule has 0 saturated carbocycles. The summed E-state index contributed by atoms with van der Waals surface area (Å²) >= 11 is 0. The quantitative estimate of drug-likeness (QED) is 0.796. The van der Waals surface area contributed by atoms with Crippen LogP contribution in [-0.4, -0.2) is 71.5 Å². The SMILES string of the molecule is COC1(CCC(=O)N(C)C)CCCN(C(=O)/C=C/c2cnc[nH]2)C1. The van der Waals surface area contributed by atoms with Gasteiger partial charge in [-0.3, -0.25) is 9.59 Å². The fourth-order valence-electron chi connectivity index (χ4n) is 2.94. The summed E-state index contributed by atoms with van der Waals surface area (Å²) in [5.74, 6) is 0.0266. The molecule has 2 rings (SSSR count). The Bertz CT molecular complexity index is 583. The number of aromatic amines is 1. The van der Waals surface area contributed by atoms with E-state index in [2.05, 4.69) is 9.97 Å². The van der Waals surface area contributed by atoms with Gasteiger partial charge in [0.1, 0.15) is 0 Å².